The summed E-state index contributed by atoms with van der Waals surface area (Å²) in [6.07, 6.45) is 0.412. The summed E-state index contributed by atoms with van der Waals surface area (Å²) in [6.45, 7) is 1.35. The van der Waals surface area contributed by atoms with E-state index in [0.29, 0.717) is 12.0 Å². The Bertz CT molecular complexity index is 456. The number of nitro benzene ring substituents is 1. The minimum Gasteiger partial charge on any atom is -0.315 e. The van der Waals surface area contributed by atoms with E-state index in [0.717, 1.165) is 0 Å². The molecule has 6 heteroatoms. The number of nitrogens with zero attached hydrogens (tertiary/aromatic N) is 2. The highest BCUT2D eigenvalue weighted by atomic mass is 16.6. The van der Waals surface area contributed by atoms with E-state index < -0.39 is 4.92 Å². The van der Waals surface area contributed by atoms with Crippen LogP contribution < -0.4 is 4.90 Å². The topological polar surface area (TPSA) is 80.5 Å². The van der Waals surface area contributed by atoms with Crippen LogP contribution in [-0.4, -0.2) is 24.2 Å². The van der Waals surface area contributed by atoms with Crippen molar-refractivity contribution >= 4 is 23.6 Å². The van der Waals surface area contributed by atoms with E-state index >= 15 is 0 Å². The van der Waals surface area contributed by atoms with Gasteiger partial charge in [0, 0.05) is 20.0 Å². The van der Waals surface area contributed by atoms with Crippen LogP contribution in [0.25, 0.3) is 0 Å². The van der Waals surface area contributed by atoms with E-state index in [1.54, 1.807) is 0 Å². The smallest absolute Gasteiger partial charge is 0.281 e. The lowest BCUT2D eigenvalue weighted by Crippen LogP contribution is -2.22. The number of hydrogen-bond acceptors (Lipinski definition) is 4. The third kappa shape index (κ3) is 2.22. The Morgan fingerprint density at radius 1 is 1.50 bits per heavy atom. The molecule has 1 aromatic rings. The van der Waals surface area contributed by atoms with Crippen molar-refractivity contribution in [2.24, 2.45) is 0 Å². The molecule has 0 aliphatic heterocycles. The lowest BCUT2D eigenvalue weighted by Gasteiger charge is -2.14. The zero-order valence-corrected chi connectivity index (χ0v) is 8.84. The molecule has 16 heavy (non-hydrogen) atoms. The maximum absolute atomic E-state index is 11.1. The molecule has 0 aliphatic rings. The van der Waals surface area contributed by atoms with Gasteiger partial charge in [-0.3, -0.25) is 19.7 Å². The molecule has 0 saturated heterocycles. The van der Waals surface area contributed by atoms with Crippen LogP contribution in [0.15, 0.2) is 18.2 Å². The van der Waals surface area contributed by atoms with Crippen molar-refractivity contribution in [2.75, 3.05) is 11.9 Å². The fourth-order valence-corrected chi connectivity index (χ4v) is 1.18. The maximum atomic E-state index is 11.1. The first kappa shape index (κ1) is 11.8. The Morgan fingerprint density at radius 2 is 2.12 bits per heavy atom. The highest BCUT2D eigenvalue weighted by molar-refractivity contribution is 5.92. The van der Waals surface area contributed by atoms with Crippen molar-refractivity contribution in [2.45, 2.75) is 6.92 Å². The van der Waals surface area contributed by atoms with Crippen LogP contribution in [0.4, 0.5) is 11.4 Å². The summed E-state index contributed by atoms with van der Waals surface area (Å²) in [7, 11) is 1.50. The monoisotopic (exact) mass is 222 g/mol. The molecule has 1 amide bonds. The number of nitro groups is 1. The van der Waals surface area contributed by atoms with Crippen molar-refractivity contribution < 1.29 is 14.5 Å². The van der Waals surface area contributed by atoms with Gasteiger partial charge in [0.1, 0.15) is 0 Å². The Hall–Kier alpha value is -2.24. The lowest BCUT2D eigenvalue weighted by molar-refractivity contribution is -0.385. The van der Waals surface area contributed by atoms with Gasteiger partial charge in [-0.2, -0.15) is 0 Å². The summed E-state index contributed by atoms with van der Waals surface area (Å²) >= 11 is 0. The molecule has 1 rings (SSSR count). The number of carbonyl (C=O) groups is 2. The molecule has 6 nitrogen and oxygen atoms in total. The van der Waals surface area contributed by atoms with E-state index in [-0.39, 0.29) is 17.2 Å². The number of benzene rings is 1. The van der Waals surface area contributed by atoms with Gasteiger partial charge < -0.3 is 4.90 Å². The van der Waals surface area contributed by atoms with Gasteiger partial charge >= 0.3 is 0 Å². The molecule has 0 aromatic heterocycles. The lowest BCUT2D eigenvalue weighted by atomic mass is 10.1. The van der Waals surface area contributed by atoms with Gasteiger partial charge in [-0.05, 0) is 12.1 Å². The third-order valence-electron chi connectivity index (χ3n) is 2.20. The molecule has 0 heterocycles. The molecule has 0 fully saturated rings. The average Bonchev–Trinajstić information content (AvgIpc) is 2.26. The standard InChI is InChI=1S/C10H10N2O4/c1-7(14)11(2)9-4-3-8(6-13)10(5-9)12(15)16/h3-6H,1-2H3. The molecule has 0 atom stereocenters. The van der Waals surface area contributed by atoms with E-state index in [9.17, 15) is 19.7 Å². The Kier molecular flexibility index (Phi) is 3.34. The largest absolute Gasteiger partial charge is 0.315 e. The van der Waals surface area contributed by atoms with Crippen LogP contribution in [0.3, 0.4) is 0 Å². The minimum absolute atomic E-state index is 0.00861. The van der Waals surface area contributed by atoms with Crippen LogP contribution in [0.5, 0.6) is 0 Å². The van der Waals surface area contributed by atoms with E-state index in [4.69, 9.17) is 0 Å². The zero-order chi connectivity index (χ0) is 12.3. The second-order valence-electron chi connectivity index (χ2n) is 3.20. The summed E-state index contributed by atoms with van der Waals surface area (Å²) in [4.78, 5) is 32.9. The molecule has 0 N–H and O–H groups in total. The molecule has 0 saturated carbocycles. The highest BCUT2D eigenvalue weighted by Crippen LogP contribution is 2.23. The van der Waals surface area contributed by atoms with Crippen LogP contribution in [-0.2, 0) is 4.79 Å². The van der Waals surface area contributed by atoms with Crippen LogP contribution >= 0.6 is 0 Å². The summed E-state index contributed by atoms with van der Waals surface area (Å²) in [5, 5.41) is 10.7. The van der Waals surface area contributed by atoms with Crippen molar-refractivity contribution in [3.05, 3.63) is 33.9 Å². The van der Waals surface area contributed by atoms with Gasteiger partial charge in [0.25, 0.3) is 5.69 Å². The van der Waals surface area contributed by atoms with Gasteiger partial charge in [0.15, 0.2) is 6.29 Å². The summed E-state index contributed by atoms with van der Waals surface area (Å²) in [5.41, 5.74) is 0.0658. The molecule has 0 radical (unpaired) electrons. The molecule has 1 aromatic carbocycles. The van der Waals surface area contributed by atoms with Crippen LogP contribution in [0.2, 0.25) is 0 Å². The van der Waals surface area contributed by atoms with Crippen molar-refractivity contribution in [1.29, 1.82) is 0 Å². The zero-order valence-electron chi connectivity index (χ0n) is 8.84. The number of rotatable bonds is 3. The normalized spacial score (nSPS) is 9.62. The first-order chi connectivity index (χ1) is 7.47. The molecule has 0 bridgehead atoms. The number of amides is 1. The Labute approximate surface area is 91.6 Å². The van der Waals surface area contributed by atoms with Gasteiger partial charge in [0.05, 0.1) is 16.2 Å². The molecular weight excluding hydrogens is 212 g/mol. The van der Waals surface area contributed by atoms with Gasteiger partial charge in [0.2, 0.25) is 5.91 Å². The van der Waals surface area contributed by atoms with Gasteiger partial charge in [-0.1, -0.05) is 0 Å². The highest BCUT2D eigenvalue weighted by Gasteiger charge is 2.16. The average molecular weight is 222 g/mol. The van der Waals surface area contributed by atoms with Gasteiger partial charge in [-0.25, -0.2) is 0 Å². The molecule has 0 unspecified atom stereocenters. The number of carbonyl (C=O) groups excluding carboxylic acids is 2. The second-order valence-corrected chi connectivity index (χ2v) is 3.20. The van der Waals surface area contributed by atoms with Crippen molar-refractivity contribution in [1.82, 2.24) is 0 Å². The minimum atomic E-state index is -0.652. The predicted octanol–water partition coefficient (Wildman–Crippen LogP) is 1.39. The maximum Gasteiger partial charge on any atom is 0.281 e. The summed E-state index contributed by atoms with van der Waals surface area (Å²) in [5.74, 6) is -0.242. The molecule has 84 valence electrons. The molecule has 0 spiro atoms. The SMILES string of the molecule is CC(=O)N(C)c1ccc(C=O)c([N+](=O)[O-])c1. The fraction of sp³-hybridized carbons (Fsp3) is 0.200. The third-order valence-corrected chi connectivity index (χ3v) is 2.20. The summed E-state index contributed by atoms with van der Waals surface area (Å²) < 4.78 is 0. The molecule has 0 aliphatic carbocycles. The van der Waals surface area contributed by atoms with E-state index in [2.05, 4.69) is 0 Å². The number of anilines is 1. The Balaban J connectivity index is 3.27. The van der Waals surface area contributed by atoms with Crippen LogP contribution in [0.1, 0.15) is 17.3 Å². The number of aldehydes is 1. The second kappa shape index (κ2) is 4.52. The summed E-state index contributed by atoms with van der Waals surface area (Å²) in [6, 6.07) is 4.00. The van der Waals surface area contributed by atoms with Crippen molar-refractivity contribution in [3.63, 3.8) is 0 Å². The first-order valence-corrected chi connectivity index (χ1v) is 4.45. The first-order valence-electron chi connectivity index (χ1n) is 4.45. The number of hydrogen-bond donors (Lipinski definition) is 0. The van der Waals surface area contributed by atoms with E-state index in [1.807, 2.05) is 0 Å². The fourth-order valence-electron chi connectivity index (χ4n) is 1.18. The molecular formula is C10H10N2O4. The quantitative estimate of drug-likeness (QED) is 0.439. The predicted molar refractivity (Wildman–Crippen MR) is 57.6 cm³/mol. The van der Waals surface area contributed by atoms with E-state index in [1.165, 1.54) is 37.1 Å². The van der Waals surface area contributed by atoms with Crippen LogP contribution in [0, 0.1) is 10.1 Å². The van der Waals surface area contributed by atoms with Crippen molar-refractivity contribution in [3.8, 4) is 0 Å². The van der Waals surface area contributed by atoms with Gasteiger partial charge in [-0.15, -0.1) is 0 Å². The Morgan fingerprint density at radius 3 is 2.56 bits per heavy atom.